The Morgan fingerprint density at radius 3 is 2.94 bits per heavy atom. The first kappa shape index (κ1) is 12.8. The summed E-state index contributed by atoms with van der Waals surface area (Å²) in [6.45, 7) is 0.0160. The molecule has 94 valence electrons. The monoisotopic (exact) mass is 285 g/mol. The molecular weight excluding hydrogens is 277 g/mol. The number of hydrogen-bond acceptors (Lipinski definition) is 4. The summed E-state index contributed by atoms with van der Waals surface area (Å²) in [7, 11) is 0. The Balaban J connectivity index is 2.06. The Labute approximate surface area is 112 Å². The third-order valence-corrected chi connectivity index (χ3v) is 3.41. The van der Waals surface area contributed by atoms with E-state index in [2.05, 4.69) is 10.3 Å². The van der Waals surface area contributed by atoms with Crippen LogP contribution in [-0.4, -0.2) is 10.9 Å². The smallest absolute Gasteiger partial charge is 0.263 e. The number of nitrogens with zero attached hydrogens (tertiary/aromatic N) is 1. The maximum atomic E-state index is 13.4. The second kappa shape index (κ2) is 5.32. The maximum Gasteiger partial charge on any atom is 0.263 e. The van der Waals surface area contributed by atoms with Gasteiger partial charge in [0, 0.05) is 17.1 Å². The summed E-state index contributed by atoms with van der Waals surface area (Å²) in [5.74, 6) is -0.810. The van der Waals surface area contributed by atoms with E-state index in [1.165, 1.54) is 18.3 Å². The number of anilines is 1. The number of hydrogen-bond donors (Lipinski definition) is 2. The first-order valence-corrected chi connectivity index (χ1v) is 6.20. The van der Waals surface area contributed by atoms with Crippen LogP contribution >= 0.6 is 22.9 Å². The SMILES string of the molecule is Nc1ncc(C(=O)NCc2c(F)cccc2Cl)s1. The summed E-state index contributed by atoms with van der Waals surface area (Å²) in [5, 5.41) is 3.15. The van der Waals surface area contributed by atoms with Crippen molar-refractivity contribution in [1.82, 2.24) is 10.3 Å². The number of halogens is 2. The molecule has 0 unspecified atom stereocenters. The zero-order valence-electron chi connectivity index (χ0n) is 9.11. The molecule has 0 aliphatic rings. The van der Waals surface area contributed by atoms with E-state index in [-0.39, 0.29) is 23.0 Å². The van der Waals surface area contributed by atoms with E-state index in [0.29, 0.717) is 10.0 Å². The van der Waals surface area contributed by atoms with E-state index in [1.807, 2.05) is 0 Å². The maximum absolute atomic E-state index is 13.4. The summed E-state index contributed by atoms with van der Waals surface area (Å²) >= 11 is 6.91. The van der Waals surface area contributed by atoms with Gasteiger partial charge >= 0.3 is 0 Å². The van der Waals surface area contributed by atoms with Crippen LogP contribution in [0.25, 0.3) is 0 Å². The molecular formula is C11H9ClFN3OS. The van der Waals surface area contributed by atoms with Gasteiger partial charge in [0.1, 0.15) is 10.7 Å². The van der Waals surface area contributed by atoms with Gasteiger partial charge in [-0.2, -0.15) is 0 Å². The quantitative estimate of drug-likeness (QED) is 0.910. The average Bonchev–Trinajstić information content (AvgIpc) is 2.75. The Hall–Kier alpha value is -1.66. The number of thiazole rings is 1. The molecule has 0 saturated heterocycles. The van der Waals surface area contributed by atoms with Crippen LogP contribution < -0.4 is 11.1 Å². The molecule has 18 heavy (non-hydrogen) atoms. The van der Waals surface area contributed by atoms with Gasteiger partial charge in [0.25, 0.3) is 5.91 Å². The fourth-order valence-corrected chi connectivity index (χ4v) is 2.18. The molecule has 1 amide bonds. The van der Waals surface area contributed by atoms with E-state index in [0.717, 1.165) is 11.3 Å². The number of nitrogen functional groups attached to an aromatic ring is 1. The van der Waals surface area contributed by atoms with Crippen molar-refractivity contribution < 1.29 is 9.18 Å². The molecule has 0 saturated carbocycles. The van der Waals surface area contributed by atoms with Crippen molar-refractivity contribution in [2.75, 3.05) is 5.73 Å². The van der Waals surface area contributed by atoms with Crippen molar-refractivity contribution in [2.24, 2.45) is 0 Å². The van der Waals surface area contributed by atoms with Gasteiger partial charge in [-0.3, -0.25) is 4.79 Å². The second-order valence-corrected chi connectivity index (χ2v) is 4.92. The van der Waals surface area contributed by atoms with Gasteiger partial charge in [-0.05, 0) is 12.1 Å². The number of nitrogens with two attached hydrogens (primary N) is 1. The lowest BCUT2D eigenvalue weighted by Gasteiger charge is -2.06. The predicted molar refractivity (Wildman–Crippen MR) is 69.1 cm³/mol. The van der Waals surface area contributed by atoms with Crippen molar-refractivity contribution in [3.63, 3.8) is 0 Å². The normalized spacial score (nSPS) is 10.3. The van der Waals surface area contributed by atoms with Gasteiger partial charge < -0.3 is 11.1 Å². The lowest BCUT2D eigenvalue weighted by atomic mass is 10.2. The van der Waals surface area contributed by atoms with Crippen molar-refractivity contribution in [2.45, 2.75) is 6.54 Å². The number of benzene rings is 1. The summed E-state index contributed by atoms with van der Waals surface area (Å²) in [6.07, 6.45) is 1.37. The van der Waals surface area contributed by atoms with Crippen molar-refractivity contribution in [3.05, 3.63) is 45.7 Å². The van der Waals surface area contributed by atoms with E-state index >= 15 is 0 Å². The molecule has 0 radical (unpaired) electrons. The number of carbonyl (C=O) groups excluding carboxylic acids is 1. The van der Waals surface area contributed by atoms with Crippen LogP contribution in [0.2, 0.25) is 5.02 Å². The molecule has 0 aliphatic carbocycles. The molecule has 0 fully saturated rings. The van der Waals surface area contributed by atoms with E-state index < -0.39 is 5.82 Å². The Morgan fingerprint density at radius 2 is 2.33 bits per heavy atom. The minimum absolute atomic E-state index is 0.0160. The van der Waals surface area contributed by atoms with Gasteiger partial charge in [0.2, 0.25) is 0 Å². The van der Waals surface area contributed by atoms with Crippen LogP contribution in [0.15, 0.2) is 24.4 Å². The predicted octanol–water partition coefficient (Wildman–Crippen LogP) is 2.45. The zero-order valence-corrected chi connectivity index (χ0v) is 10.7. The molecule has 7 heteroatoms. The molecule has 0 aliphatic heterocycles. The van der Waals surface area contributed by atoms with Crippen LogP contribution in [0.1, 0.15) is 15.2 Å². The standard InChI is InChI=1S/C11H9ClFN3OS/c12-7-2-1-3-8(13)6(7)4-15-10(17)9-5-16-11(14)18-9/h1-3,5H,4H2,(H2,14,16)(H,15,17). The second-order valence-electron chi connectivity index (χ2n) is 3.45. The van der Waals surface area contributed by atoms with Gasteiger partial charge in [0.15, 0.2) is 5.13 Å². The van der Waals surface area contributed by atoms with Gasteiger partial charge in [-0.25, -0.2) is 9.37 Å². The van der Waals surface area contributed by atoms with Crippen molar-refractivity contribution >= 4 is 34.0 Å². The summed E-state index contributed by atoms with van der Waals surface area (Å²) < 4.78 is 13.4. The molecule has 2 rings (SSSR count). The van der Waals surface area contributed by atoms with Crippen molar-refractivity contribution in [1.29, 1.82) is 0 Å². The molecule has 1 aromatic heterocycles. The lowest BCUT2D eigenvalue weighted by Crippen LogP contribution is -2.22. The Morgan fingerprint density at radius 1 is 1.56 bits per heavy atom. The molecule has 0 spiro atoms. The van der Waals surface area contributed by atoms with Crippen LogP contribution in [0.4, 0.5) is 9.52 Å². The fourth-order valence-electron chi connectivity index (χ4n) is 1.35. The van der Waals surface area contributed by atoms with Crippen LogP contribution in [0, 0.1) is 5.82 Å². The van der Waals surface area contributed by atoms with Gasteiger partial charge in [-0.15, -0.1) is 0 Å². The van der Waals surface area contributed by atoms with E-state index in [4.69, 9.17) is 17.3 Å². The molecule has 4 nitrogen and oxygen atoms in total. The van der Waals surface area contributed by atoms with Crippen LogP contribution in [-0.2, 0) is 6.54 Å². The number of rotatable bonds is 3. The number of aromatic nitrogens is 1. The summed E-state index contributed by atoms with van der Waals surface area (Å²) in [5.41, 5.74) is 5.67. The van der Waals surface area contributed by atoms with Gasteiger partial charge in [-0.1, -0.05) is 29.0 Å². The number of carbonyl (C=O) groups is 1. The molecule has 2 aromatic rings. The highest BCUT2D eigenvalue weighted by Crippen LogP contribution is 2.19. The van der Waals surface area contributed by atoms with Gasteiger partial charge in [0.05, 0.1) is 6.20 Å². The van der Waals surface area contributed by atoms with Crippen LogP contribution in [0.5, 0.6) is 0 Å². The Bertz CT molecular complexity index is 567. The first-order valence-electron chi connectivity index (χ1n) is 5.00. The highest BCUT2D eigenvalue weighted by Gasteiger charge is 2.12. The molecule has 1 heterocycles. The third-order valence-electron chi connectivity index (χ3n) is 2.23. The highest BCUT2D eigenvalue weighted by molar-refractivity contribution is 7.17. The van der Waals surface area contributed by atoms with Crippen LogP contribution in [0.3, 0.4) is 0 Å². The van der Waals surface area contributed by atoms with Crippen molar-refractivity contribution in [3.8, 4) is 0 Å². The third kappa shape index (κ3) is 2.77. The van der Waals surface area contributed by atoms with E-state index in [9.17, 15) is 9.18 Å². The highest BCUT2D eigenvalue weighted by atomic mass is 35.5. The number of nitrogens with one attached hydrogen (secondary N) is 1. The molecule has 3 N–H and O–H groups in total. The molecule has 1 aromatic carbocycles. The average molecular weight is 286 g/mol. The minimum atomic E-state index is -0.452. The first-order chi connectivity index (χ1) is 8.58. The fraction of sp³-hybridized carbons (Fsp3) is 0.0909. The molecule has 0 atom stereocenters. The number of amides is 1. The topological polar surface area (TPSA) is 68.0 Å². The van der Waals surface area contributed by atoms with E-state index in [1.54, 1.807) is 6.07 Å². The zero-order chi connectivity index (χ0) is 13.1. The summed E-state index contributed by atoms with van der Waals surface area (Å²) in [6, 6.07) is 4.36. The Kier molecular flexibility index (Phi) is 3.78. The minimum Gasteiger partial charge on any atom is -0.375 e. The summed E-state index contributed by atoms with van der Waals surface area (Å²) in [4.78, 5) is 15.8. The largest absolute Gasteiger partial charge is 0.375 e. The molecule has 0 bridgehead atoms. The lowest BCUT2D eigenvalue weighted by molar-refractivity contribution is 0.0954.